The average Bonchev–Trinajstić information content (AvgIpc) is 2.33. The Balaban J connectivity index is 1.96. The lowest BCUT2D eigenvalue weighted by molar-refractivity contribution is -0.129. The minimum Gasteiger partial charge on any atom is -0.367 e. The lowest BCUT2D eigenvalue weighted by Gasteiger charge is -2.38. The number of carbonyl (C=O) groups excluding carboxylic acids is 1. The van der Waals surface area contributed by atoms with E-state index in [1.165, 1.54) is 0 Å². The van der Waals surface area contributed by atoms with Gasteiger partial charge in [0.2, 0.25) is 5.91 Å². The smallest absolute Gasteiger partial charge is 0.232 e. The van der Waals surface area contributed by atoms with Gasteiger partial charge in [-0.25, -0.2) is 4.98 Å². The van der Waals surface area contributed by atoms with Crippen LogP contribution in [-0.2, 0) is 4.79 Å². The van der Waals surface area contributed by atoms with Crippen molar-refractivity contribution in [3.05, 3.63) is 17.8 Å². The van der Waals surface area contributed by atoms with Gasteiger partial charge < -0.3 is 10.6 Å². The van der Waals surface area contributed by atoms with Gasteiger partial charge in [-0.3, -0.25) is 4.79 Å². The number of rotatable bonds is 0. The molecule has 84 valence electrons. The van der Waals surface area contributed by atoms with Gasteiger partial charge in [-0.15, -0.1) is 0 Å². The number of aromatic nitrogens is 1. The van der Waals surface area contributed by atoms with E-state index in [0.717, 1.165) is 36.5 Å². The van der Waals surface area contributed by atoms with Crippen molar-refractivity contribution in [2.75, 3.05) is 17.2 Å². The summed E-state index contributed by atoms with van der Waals surface area (Å²) in [4.78, 5) is 16.5. The predicted molar refractivity (Wildman–Crippen MR) is 62.4 cm³/mol. The van der Waals surface area contributed by atoms with E-state index < -0.39 is 0 Å². The summed E-state index contributed by atoms with van der Waals surface area (Å²) >= 11 is 0. The first-order valence-electron chi connectivity index (χ1n) is 5.73. The van der Waals surface area contributed by atoms with Gasteiger partial charge >= 0.3 is 0 Å². The molecule has 2 aliphatic rings. The van der Waals surface area contributed by atoms with E-state index in [0.29, 0.717) is 6.54 Å². The number of carbonyl (C=O) groups is 1. The molecule has 3 rings (SSSR count). The lowest BCUT2D eigenvalue weighted by Crippen LogP contribution is -2.45. The zero-order chi connectivity index (χ0) is 11.2. The van der Waals surface area contributed by atoms with E-state index in [1.807, 2.05) is 19.1 Å². The zero-order valence-corrected chi connectivity index (χ0v) is 9.34. The number of nitrogens with zero attached hydrogens (tertiary/aromatic N) is 1. The number of hydrogen-bond acceptors (Lipinski definition) is 3. The van der Waals surface area contributed by atoms with Crippen molar-refractivity contribution in [2.45, 2.75) is 26.2 Å². The van der Waals surface area contributed by atoms with Gasteiger partial charge in [-0.2, -0.15) is 0 Å². The summed E-state index contributed by atoms with van der Waals surface area (Å²) in [6.45, 7) is 2.66. The number of aryl methyl sites for hydroxylation is 1. The zero-order valence-electron chi connectivity index (χ0n) is 9.34. The second-order valence-corrected chi connectivity index (χ2v) is 4.79. The van der Waals surface area contributed by atoms with Gasteiger partial charge in [-0.05, 0) is 31.9 Å². The van der Waals surface area contributed by atoms with Gasteiger partial charge in [0.05, 0.1) is 11.1 Å². The standard InChI is InChI=1S/C12H15N3O/c1-8-3-4-9-10(14-8)13-7-12(5-2-6-12)11(16)15-9/h3-4H,2,5-7H2,1H3,(H,13,14)(H,15,16). The monoisotopic (exact) mass is 217 g/mol. The second kappa shape index (κ2) is 3.20. The molecule has 1 aliphatic heterocycles. The first-order chi connectivity index (χ1) is 7.70. The molecule has 2 N–H and O–H groups in total. The molecule has 1 spiro atoms. The molecule has 0 radical (unpaired) electrons. The minimum absolute atomic E-state index is 0.149. The van der Waals surface area contributed by atoms with Crippen molar-refractivity contribution >= 4 is 17.4 Å². The average molecular weight is 217 g/mol. The number of anilines is 2. The number of amides is 1. The topological polar surface area (TPSA) is 54.0 Å². The van der Waals surface area contributed by atoms with Gasteiger partial charge in [0.25, 0.3) is 0 Å². The summed E-state index contributed by atoms with van der Waals surface area (Å²) in [6, 6.07) is 3.83. The van der Waals surface area contributed by atoms with Gasteiger partial charge in [0, 0.05) is 12.2 Å². The third-order valence-electron chi connectivity index (χ3n) is 3.67. The van der Waals surface area contributed by atoms with E-state index >= 15 is 0 Å². The van der Waals surface area contributed by atoms with Crippen LogP contribution in [0.25, 0.3) is 0 Å². The largest absolute Gasteiger partial charge is 0.367 e. The highest BCUT2D eigenvalue weighted by Gasteiger charge is 2.45. The molecule has 0 bridgehead atoms. The Morgan fingerprint density at radius 3 is 2.88 bits per heavy atom. The van der Waals surface area contributed by atoms with E-state index in [1.54, 1.807) is 0 Å². The highest BCUT2D eigenvalue weighted by atomic mass is 16.2. The predicted octanol–water partition coefficient (Wildman–Crippen LogP) is 1.92. The number of pyridine rings is 1. The molecule has 1 fully saturated rings. The van der Waals surface area contributed by atoms with Crippen LogP contribution >= 0.6 is 0 Å². The normalized spacial score (nSPS) is 21.4. The van der Waals surface area contributed by atoms with Crippen LogP contribution in [0.2, 0.25) is 0 Å². The van der Waals surface area contributed by atoms with E-state index in [4.69, 9.17) is 0 Å². The summed E-state index contributed by atoms with van der Waals surface area (Å²) in [5.74, 6) is 0.952. The summed E-state index contributed by atoms with van der Waals surface area (Å²) in [5, 5.41) is 6.27. The Hall–Kier alpha value is -1.58. The van der Waals surface area contributed by atoms with Crippen molar-refractivity contribution in [2.24, 2.45) is 5.41 Å². The minimum atomic E-state index is -0.186. The molecule has 0 aromatic carbocycles. The molecule has 1 saturated carbocycles. The van der Waals surface area contributed by atoms with Gasteiger partial charge in [0.15, 0.2) is 0 Å². The summed E-state index contributed by atoms with van der Waals surface area (Å²) in [7, 11) is 0. The Morgan fingerprint density at radius 2 is 2.19 bits per heavy atom. The summed E-state index contributed by atoms with van der Waals surface area (Å²) in [5.41, 5.74) is 1.58. The fourth-order valence-corrected chi connectivity index (χ4v) is 2.39. The van der Waals surface area contributed by atoms with Crippen LogP contribution in [0.15, 0.2) is 12.1 Å². The maximum Gasteiger partial charge on any atom is 0.232 e. The van der Waals surface area contributed by atoms with Gasteiger partial charge in [-0.1, -0.05) is 6.42 Å². The summed E-state index contributed by atoms with van der Waals surface area (Å²) in [6.07, 6.45) is 3.12. The maximum atomic E-state index is 12.1. The van der Waals surface area contributed by atoms with E-state index in [2.05, 4.69) is 15.6 Å². The highest BCUT2D eigenvalue weighted by Crippen LogP contribution is 2.44. The fourth-order valence-electron chi connectivity index (χ4n) is 2.39. The van der Waals surface area contributed by atoms with Crippen LogP contribution < -0.4 is 10.6 Å². The molecule has 1 amide bonds. The Morgan fingerprint density at radius 1 is 1.38 bits per heavy atom. The molecular weight excluding hydrogens is 202 g/mol. The Labute approximate surface area is 94.5 Å². The fraction of sp³-hybridized carbons (Fsp3) is 0.500. The molecule has 4 heteroatoms. The number of fused-ring (bicyclic) bond motifs is 1. The first-order valence-corrected chi connectivity index (χ1v) is 5.73. The molecule has 0 atom stereocenters. The van der Waals surface area contributed by atoms with Crippen LogP contribution in [0.3, 0.4) is 0 Å². The van der Waals surface area contributed by atoms with Crippen LogP contribution in [0, 0.1) is 12.3 Å². The van der Waals surface area contributed by atoms with Crippen LogP contribution in [-0.4, -0.2) is 17.4 Å². The van der Waals surface area contributed by atoms with Crippen LogP contribution in [0.5, 0.6) is 0 Å². The lowest BCUT2D eigenvalue weighted by atomic mass is 9.68. The molecule has 0 saturated heterocycles. The second-order valence-electron chi connectivity index (χ2n) is 4.79. The molecule has 1 aromatic rings. The molecule has 1 aliphatic carbocycles. The van der Waals surface area contributed by atoms with Crippen molar-refractivity contribution in [1.82, 2.24) is 4.98 Å². The molecule has 4 nitrogen and oxygen atoms in total. The first kappa shape index (κ1) is 9.63. The molecule has 1 aromatic heterocycles. The number of hydrogen-bond donors (Lipinski definition) is 2. The molecule has 0 unspecified atom stereocenters. The SMILES string of the molecule is Cc1ccc2c(n1)NCC1(CCC1)C(=O)N2. The third kappa shape index (κ3) is 1.29. The van der Waals surface area contributed by atoms with Crippen LogP contribution in [0.4, 0.5) is 11.5 Å². The van der Waals surface area contributed by atoms with Crippen molar-refractivity contribution in [1.29, 1.82) is 0 Å². The Bertz CT molecular complexity index is 452. The van der Waals surface area contributed by atoms with Crippen molar-refractivity contribution < 1.29 is 4.79 Å². The molecule has 16 heavy (non-hydrogen) atoms. The van der Waals surface area contributed by atoms with Crippen LogP contribution in [0.1, 0.15) is 25.0 Å². The van der Waals surface area contributed by atoms with Crippen molar-refractivity contribution in [3.63, 3.8) is 0 Å². The Kier molecular flexibility index (Phi) is 1.93. The highest BCUT2D eigenvalue weighted by molar-refractivity contribution is 5.99. The van der Waals surface area contributed by atoms with Crippen molar-refractivity contribution in [3.8, 4) is 0 Å². The van der Waals surface area contributed by atoms with E-state index in [9.17, 15) is 4.79 Å². The molecule has 2 heterocycles. The van der Waals surface area contributed by atoms with Gasteiger partial charge in [0.1, 0.15) is 5.82 Å². The summed E-state index contributed by atoms with van der Waals surface area (Å²) < 4.78 is 0. The quantitative estimate of drug-likeness (QED) is 0.698. The maximum absolute atomic E-state index is 12.1. The third-order valence-corrected chi connectivity index (χ3v) is 3.67. The molecular formula is C12H15N3O. The van der Waals surface area contributed by atoms with E-state index in [-0.39, 0.29) is 11.3 Å². The number of nitrogens with one attached hydrogen (secondary N) is 2.